The Morgan fingerprint density at radius 1 is 1.25 bits per heavy atom. The van der Waals surface area contributed by atoms with E-state index < -0.39 is 0 Å². The molecule has 1 aliphatic carbocycles. The largest absolute Gasteiger partial charge is 0.496 e. The van der Waals surface area contributed by atoms with Crippen LogP contribution in [0.4, 0.5) is 0 Å². The van der Waals surface area contributed by atoms with Crippen molar-refractivity contribution >= 4 is 0 Å². The second-order valence-corrected chi connectivity index (χ2v) is 6.33. The van der Waals surface area contributed by atoms with Crippen LogP contribution in [0.3, 0.4) is 0 Å². The SMILES string of the molecule is CCC1CCCCC1C1NCCc2c(OC)cccc21. The number of rotatable bonds is 3. The van der Waals surface area contributed by atoms with Gasteiger partial charge in [0, 0.05) is 11.6 Å². The van der Waals surface area contributed by atoms with Crippen LogP contribution >= 0.6 is 0 Å². The van der Waals surface area contributed by atoms with Crippen LogP contribution in [0.5, 0.6) is 5.75 Å². The summed E-state index contributed by atoms with van der Waals surface area (Å²) in [4.78, 5) is 0. The minimum absolute atomic E-state index is 0.541. The molecule has 0 amide bonds. The summed E-state index contributed by atoms with van der Waals surface area (Å²) in [5.41, 5.74) is 2.94. The zero-order chi connectivity index (χ0) is 13.9. The van der Waals surface area contributed by atoms with E-state index >= 15 is 0 Å². The number of hydrogen-bond acceptors (Lipinski definition) is 2. The molecular formula is C18H27NO. The van der Waals surface area contributed by atoms with Gasteiger partial charge in [-0.2, -0.15) is 0 Å². The first kappa shape index (κ1) is 13.9. The molecule has 0 bridgehead atoms. The highest BCUT2D eigenvalue weighted by atomic mass is 16.5. The second-order valence-electron chi connectivity index (χ2n) is 6.33. The number of benzene rings is 1. The highest BCUT2D eigenvalue weighted by Crippen LogP contribution is 2.43. The molecule has 1 aliphatic heterocycles. The monoisotopic (exact) mass is 273 g/mol. The maximum Gasteiger partial charge on any atom is 0.122 e. The predicted octanol–water partition coefficient (Wildman–Crippen LogP) is 4.10. The topological polar surface area (TPSA) is 21.3 Å². The van der Waals surface area contributed by atoms with Crippen LogP contribution in [0.1, 0.15) is 56.2 Å². The van der Waals surface area contributed by atoms with Crippen LogP contribution in [-0.4, -0.2) is 13.7 Å². The Hall–Kier alpha value is -1.02. The lowest BCUT2D eigenvalue weighted by atomic mass is 9.71. The first-order valence-electron chi connectivity index (χ1n) is 8.24. The van der Waals surface area contributed by atoms with Gasteiger partial charge in [-0.3, -0.25) is 0 Å². The van der Waals surface area contributed by atoms with Crippen LogP contribution in [0, 0.1) is 11.8 Å². The summed E-state index contributed by atoms with van der Waals surface area (Å²) >= 11 is 0. The van der Waals surface area contributed by atoms with Gasteiger partial charge in [-0.15, -0.1) is 0 Å². The van der Waals surface area contributed by atoms with Crippen LogP contribution in [0.15, 0.2) is 18.2 Å². The third kappa shape index (κ3) is 2.46. The minimum atomic E-state index is 0.541. The van der Waals surface area contributed by atoms with E-state index in [1.54, 1.807) is 7.11 Å². The molecule has 1 heterocycles. The summed E-state index contributed by atoms with van der Waals surface area (Å²) in [5.74, 6) is 2.77. The first-order chi connectivity index (χ1) is 9.85. The average molecular weight is 273 g/mol. The predicted molar refractivity (Wildman–Crippen MR) is 83.2 cm³/mol. The Kier molecular flexibility index (Phi) is 4.30. The van der Waals surface area contributed by atoms with Crippen LogP contribution in [-0.2, 0) is 6.42 Å². The maximum absolute atomic E-state index is 5.57. The van der Waals surface area contributed by atoms with Gasteiger partial charge in [0.2, 0.25) is 0 Å². The molecule has 110 valence electrons. The molecule has 1 fully saturated rings. The van der Waals surface area contributed by atoms with Gasteiger partial charge in [0.25, 0.3) is 0 Å². The molecule has 2 aliphatic rings. The van der Waals surface area contributed by atoms with Gasteiger partial charge in [0.15, 0.2) is 0 Å². The minimum Gasteiger partial charge on any atom is -0.496 e. The molecule has 1 aromatic rings. The van der Waals surface area contributed by atoms with Crippen molar-refractivity contribution in [1.29, 1.82) is 0 Å². The molecule has 1 saturated carbocycles. The summed E-state index contributed by atoms with van der Waals surface area (Å²) in [7, 11) is 1.79. The number of fused-ring (bicyclic) bond motifs is 1. The zero-order valence-corrected chi connectivity index (χ0v) is 12.8. The van der Waals surface area contributed by atoms with Gasteiger partial charge in [0.1, 0.15) is 5.75 Å². The molecule has 3 atom stereocenters. The van der Waals surface area contributed by atoms with Gasteiger partial charge in [-0.25, -0.2) is 0 Å². The van der Waals surface area contributed by atoms with Crippen molar-refractivity contribution in [2.24, 2.45) is 11.8 Å². The van der Waals surface area contributed by atoms with Crippen molar-refractivity contribution in [2.45, 2.75) is 51.5 Å². The van der Waals surface area contributed by atoms with Crippen molar-refractivity contribution in [3.63, 3.8) is 0 Å². The van der Waals surface area contributed by atoms with Gasteiger partial charge >= 0.3 is 0 Å². The summed E-state index contributed by atoms with van der Waals surface area (Å²) < 4.78 is 5.57. The number of hydrogen-bond donors (Lipinski definition) is 1. The quantitative estimate of drug-likeness (QED) is 0.895. The van der Waals surface area contributed by atoms with E-state index in [1.165, 1.54) is 43.2 Å². The average Bonchev–Trinajstić information content (AvgIpc) is 2.53. The molecular weight excluding hydrogens is 246 g/mol. The van der Waals surface area contributed by atoms with E-state index in [-0.39, 0.29) is 0 Å². The fourth-order valence-electron chi connectivity index (χ4n) is 4.36. The lowest BCUT2D eigenvalue weighted by molar-refractivity contribution is 0.171. The molecule has 1 N–H and O–H groups in total. The van der Waals surface area contributed by atoms with Gasteiger partial charge in [-0.05, 0) is 42.9 Å². The van der Waals surface area contributed by atoms with Crippen molar-refractivity contribution < 1.29 is 4.74 Å². The third-order valence-corrected chi connectivity index (χ3v) is 5.38. The number of ether oxygens (including phenoxy) is 1. The van der Waals surface area contributed by atoms with Crippen LogP contribution in [0.2, 0.25) is 0 Å². The molecule has 0 aromatic heterocycles. The fraction of sp³-hybridized carbons (Fsp3) is 0.667. The van der Waals surface area contributed by atoms with Crippen molar-refractivity contribution in [3.8, 4) is 5.75 Å². The Labute approximate surface area is 122 Å². The number of methoxy groups -OCH3 is 1. The van der Waals surface area contributed by atoms with E-state index in [1.807, 2.05) is 0 Å². The second kappa shape index (κ2) is 6.17. The zero-order valence-electron chi connectivity index (χ0n) is 12.8. The smallest absolute Gasteiger partial charge is 0.122 e. The van der Waals surface area contributed by atoms with E-state index in [4.69, 9.17) is 4.74 Å². The van der Waals surface area contributed by atoms with Gasteiger partial charge in [0.05, 0.1) is 7.11 Å². The Bertz CT molecular complexity index is 457. The molecule has 3 rings (SSSR count). The van der Waals surface area contributed by atoms with Gasteiger partial charge in [-0.1, -0.05) is 44.7 Å². The molecule has 0 radical (unpaired) electrons. The normalized spacial score (nSPS) is 29.8. The third-order valence-electron chi connectivity index (χ3n) is 5.38. The fourth-order valence-corrected chi connectivity index (χ4v) is 4.36. The van der Waals surface area contributed by atoms with E-state index in [0.29, 0.717) is 6.04 Å². The molecule has 2 nitrogen and oxygen atoms in total. The molecule has 1 aromatic carbocycles. The Morgan fingerprint density at radius 3 is 2.90 bits per heavy atom. The van der Waals surface area contributed by atoms with Crippen molar-refractivity contribution in [2.75, 3.05) is 13.7 Å². The van der Waals surface area contributed by atoms with Crippen LogP contribution in [0.25, 0.3) is 0 Å². The van der Waals surface area contributed by atoms with Crippen LogP contribution < -0.4 is 10.1 Å². The highest BCUT2D eigenvalue weighted by molar-refractivity contribution is 5.44. The Balaban J connectivity index is 1.93. The van der Waals surface area contributed by atoms with Crippen molar-refractivity contribution in [1.82, 2.24) is 5.32 Å². The summed E-state index contributed by atoms with van der Waals surface area (Å²) in [5, 5.41) is 3.81. The molecule has 0 spiro atoms. The van der Waals surface area contributed by atoms with E-state index in [2.05, 4.69) is 30.4 Å². The lowest BCUT2D eigenvalue weighted by Gasteiger charge is -2.40. The molecule has 2 heteroatoms. The van der Waals surface area contributed by atoms with E-state index in [9.17, 15) is 0 Å². The summed E-state index contributed by atoms with van der Waals surface area (Å²) in [6, 6.07) is 7.12. The first-order valence-corrected chi connectivity index (χ1v) is 8.24. The van der Waals surface area contributed by atoms with Crippen molar-refractivity contribution in [3.05, 3.63) is 29.3 Å². The molecule has 20 heavy (non-hydrogen) atoms. The maximum atomic E-state index is 5.57. The molecule has 3 unspecified atom stereocenters. The highest BCUT2D eigenvalue weighted by Gasteiger charge is 2.34. The lowest BCUT2D eigenvalue weighted by Crippen LogP contribution is -2.39. The summed E-state index contributed by atoms with van der Waals surface area (Å²) in [6.45, 7) is 3.45. The molecule has 0 saturated heterocycles. The Morgan fingerprint density at radius 2 is 2.10 bits per heavy atom. The summed E-state index contributed by atoms with van der Waals surface area (Å²) in [6.07, 6.45) is 8.04. The standard InChI is InChI=1S/C18H27NO/c1-3-13-7-4-5-8-14(13)18-16-9-6-10-17(20-2)15(16)11-12-19-18/h6,9-10,13-14,18-19H,3-5,7-8,11-12H2,1-2H3. The number of nitrogens with one attached hydrogen (secondary N) is 1. The van der Waals surface area contributed by atoms with E-state index in [0.717, 1.165) is 30.6 Å². The van der Waals surface area contributed by atoms with Gasteiger partial charge < -0.3 is 10.1 Å².